The molecule has 0 amide bonds. The fraction of sp³-hybridized carbons (Fsp3) is 0.727. The van der Waals surface area contributed by atoms with E-state index in [1.54, 1.807) is 13.8 Å². The molecule has 1 aromatic rings. The molecule has 7 heteroatoms. The van der Waals surface area contributed by atoms with Gasteiger partial charge in [-0.25, -0.2) is 0 Å². The summed E-state index contributed by atoms with van der Waals surface area (Å²) < 4.78 is 44.5. The lowest BCUT2D eigenvalue weighted by atomic mass is 9.75. The molecule has 2 rings (SSSR count). The Morgan fingerprint density at radius 1 is 1.00 bits per heavy atom. The lowest BCUT2D eigenvalue weighted by molar-refractivity contribution is 0.0499. The van der Waals surface area contributed by atoms with E-state index in [9.17, 15) is 9.13 Å². The molecule has 5 nitrogen and oxygen atoms in total. The predicted molar refractivity (Wildman–Crippen MR) is 120 cm³/mol. The first-order valence-corrected chi connectivity index (χ1v) is 14.5. The largest absolute Gasteiger partial charge is 0.331 e. The van der Waals surface area contributed by atoms with Crippen LogP contribution >= 0.6 is 15.0 Å². The van der Waals surface area contributed by atoms with Crippen molar-refractivity contribution in [3.63, 3.8) is 0 Å². The van der Waals surface area contributed by atoms with Crippen LogP contribution in [0.1, 0.15) is 53.9 Å². The standard InChI is InChI=1S/C22H38O5P2/c1-6-25-29(24,26-7-2)16-15-28(23,20-11-9-8-10-12-20)27-22-17-19(5)13-14-21(22)18(3)4/h8-12,18-19,21-22H,6-7,13-17H2,1-5H3/t19-,21+,22-,28?/m1/s1. The zero-order chi connectivity index (χ0) is 21.5. The van der Waals surface area contributed by atoms with E-state index in [1.807, 2.05) is 30.3 Å². The number of hydrogen-bond donors (Lipinski definition) is 0. The van der Waals surface area contributed by atoms with E-state index in [-0.39, 0.29) is 18.4 Å². The number of benzene rings is 1. The summed E-state index contributed by atoms with van der Waals surface area (Å²) in [4.78, 5) is 0. The van der Waals surface area contributed by atoms with Gasteiger partial charge < -0.3 is 13.6 Å². The Bertz CT molecular complexity index is 696. The maximum absolute atomic E-state index is 14.2. The minimum Gasteiger partial charge on any atom is -0.322 e. The Kier molecular flexibility index (Phi) is 9.64. The first-order valence-electron chi connectivity index (χ1n) is 10.9. The van der Waals surface area contributed by atoms with Crippen molar-refractivity contribution >= 4 is 20.3 Å². The maximum atomic E-state index is 14.2. The second-order valence-corrected chi connectivity index (χ2v) is 13.1. The molecular formula is C22H38O5P2. The van der Waals surface area contributed by atoms with Gasteiger partial charge in [-0.3, -0.25) is 9.13 Å². The quantitative estimate of drug-likeness (QED) is 0.373. The Morgan fingerprint density at radius 2 is 1.62 bits per heavy atom. The Labute approximate surface area is 176 Å². The van der Waals surface area contributed by atoms with Crippen LogP contribution in [-0.2, 0) is 22.7 Å². The fourth-order valence-corrected chi connectivity index (χ4v) is 9.11. The molecule has 1 aromatic carbocycles. The molecule has 0 bridgehead atoms. The van der Waals surface area contributed by atoms with Crippen LogP contribution in [0, 0.1) is 17.8 Å². The summed E-state index contributed by atoms with van der Waals surface area (Å²) in [6.07, 6.45) is 3.38. The first kappa shape index (κ1) is 24.8. The van der Waals surface area contributed by atoms with Crippen molar-refractivity contribution in [2.45, 2.75) is 60.0 Å². The molecule has 0 aliphatic heterocycles. The highest BCUT2D eigenvalue weighted by atomic mass is 31.2. The number of hydrogen-bond acceptors (Lipinski definition) is 5. The minimum absolute atomic E-state index is 0.0524. The van der Waals surface area contributed by atoms with Gasteiger partial charge in [-0.2, -0.15) is 0 Å². The van der Waals surface area contributed by atoms with Crippen LogP contribution in [0.2, 0.25) is 0 Å². The third kappa shape index (κ3) is 7.04. The molecule has 1 saturated carbocycles. The summed E-state index contributed by atoms with van der Waals surface area (Å²) in [5.41, 5.74) is 0. The van der Waals surface area contributed by atoms with E-state index < -0.39 is 15.0 Å². The lowest BCUT2D eigenvalue weighted by Gasteiger charge is -2.39. The Morgan fingerprint density at radius 3 is 2.17 bits per heavy atom. The molecular weight excluding hydrogens is 406 g/mol. The second-order valence-electron chi connectivity index (χ2n) is 8.37. The molecule has 0 aromatic heterocycles. The predicted octanol–water partition coefficient (Wildman–Crippen LogP) is 6.33. The van der Waals surface area contributed by atoms with Crippen molar-refractivity contribution in [2.75, 3.05) is 25.5 Å². The lowest BCUT2D eigenvalue weighted by Crippen LogP contribution is -2.35. The van der Waals surface area contributed by atoms with Gasteiger partial charge in [0.05, 0.1) is 25.5 Å². The van der Waals surface area contributed by atoms with E-state index >= 15 is 0 Å². The van der Waals surface area contributed by atoms with Gasteiger partial charge in [0, 0.05) is 11.5 Å². The maximum Gasteiger partial charge on any atom is 0.331 e. The van der Waals surface area contributed by atoms with Crippen molar-refractivity contribution in [3.8, 4) is 0 Å². The highest BCUT2D eigenvalue weighted by Crippen LogP contribution is 2.56. The summed E-state index contributed by atoms with van der Waals surface area (Å²) in [6, 6.07) is 9.35. The zero-order valence-corrected chi connectivity index (χ0v) is 20.4. The average Bonchev–Trinajstić information content (AvgIpc) is 2.67. The van der Waals surface area contributed by atoms with Crippen LogP contribution < -0.4 is 5.30 Å². The van der Waals surface area contributed by atoms with Crippen LogP contribution in [0.4, 0.5) is 0 Å². The summed E-state index contributed by atoms with van der Waals surface area (Å²) in [5, 5.41) is 0.681. The molecule has 1 unspecified atom stereocenters. The van der Waals surface area contributed by atoms with Gasteiger partial charge in [-0.15, -0.1) is 0 Å². The van der Waals surface area contributed by atoms with Gasteiger partial charge in [0.15, 0.2) is 0 Å². The molecule has 0 saturated heterocycles. The van der Waals surface area contributed by atoms with Crippen molar-refractivity contribution in [1.29, 1.82) is 0 Å². The van der Waals surface area contributed by atoms with Crippen LogP contribution in [0.5, 0.6) is 0 Å². The van der Waals surface area contributed by atoms with Crippen molar-refractivity contribution in [2.24, 2.45) is 17.8 Å². The van der Waals surface area contributed by atoms with Crippen LogP contribution in [-0.4, -0.2) is 31.6 Å². The second kappa shape index (κ2) is 11.3. The average molecular weight is 444 g/mol. The van der Waals surface area contributed by atoms with Gasteiger partial charge in [0.2, 0.25) is 7.37 Å². The van der Waals surface area contributed by atoms with Gasteiger partial charge >= 0.3 is 7.60 Å². The Hall–Kier alpha value is -0.440. The van der Waals surface area contributed by atoms with E-state index in [2.05, 4.69) is 20.8 Å². The highest BCUT2D eigenvalue weighted by molar-refractivity contribution is 7.68. The van der Waals surface area contributed by atoms with Crippen LogP contribution in [0.15, 0.2) is 30.3 Å². The third-order valence-electron chi connectivity index (χ3n) is 5.74. The monoisotopic (exact) mass is 444 g/mol. The molecule has 29 heavy (non-hydrogen) atoms. The summed E-state index contributed by atoms with van der Waals surface area (Å²) >= 11 is 0. The van der Waals surface area contributed by atoms with E-state index in [0.29, 0.717) is 36.3 Å². The molecule has 4 atom stereocenters. The van der Waals surface area contributed by atoms with E-state index in [4.69, 9.17) is 13.6 Å². The summed E-state index contributed by atoms with van der Waals surface area (Å²) in [7, 11) is -6.51. The third-order valence-corrected chi connectivity index (χ3v) is 10.7. The molecule has 0 heterocycles. The topological polar surface area (TPSA) is 61.8 Å². The summed E-state index contributed by atoms with van der Waals surface area (Å²) in [6.45, 7) is 10.8. The number of rotatable bonds is 11. The van der Waals surface area contributed by atoms with E-state index in [0.717, 1.165) is 12.8 Å². The highest BCUT2D eigenvalue weighted by Gasteiger charge is 2.39. The molecule has 1 fully saturated rings. The van der Waals surface area contributed by atoms with Crippen LogP contribution in [0.3, 0.4) is 0 Å². The van der Waals surface area contributed by atoms with Gasteiger partial charge in [0.25, 0.3) is 0 Å². The zero-order valence-electron chi connectivity index (χ0n) is 18.6. The SMILES string of the molecule is CCOP(=O)(CCP(=O)(O[C@@H]1C[C@H](C)CC[C@H]1C(C)C)c1ccccc1)OCC. The van der Waals surface area contributed by atoms with Gasteiger partial charge in [0.1, 0.15) is 0 Å². The minimum atomic E-state index is -3.29. The van der Waals surface area contributed by atoms with Crippen molar-refractivity contribution in [3.05, 3.63) is 30.3 Å². The van der Waals surface area contributed by atoms with Crippen molar-refractivity contribution < 1.29 is 22.7 Å². The van der Waals surface area contributed by atoms with E-state index in [1.165, 1.54) is 6.42 Å². The molecule has 0 N–H and O–H groups in total. The molecule has 166 valence electrons. The molecule has 0 radical (unpaired) electrons. The van der Waals surface area contributed by atoms with Gasteiger partial charge in [-0.05, 0) is 56.6 Å². The van der Waals surface area contributed by atoms with Gasteiger partial charge in [-0.1, -0.05) is 45.4 Å². The molecule has 1 aliphatic rings. The first-order chi connectivity index (χ1) is 13.7. The molecule has 0 spiro atoms. The molecule has 1 aliphatic carbocycles. The van der Waals surface area contributed by atoms with Crippen LogP contribution in [0.25, 0.3) is 0 Å². The normalized spacial score (nSPS) is 25.1. The Balaban J connectivity index is 2.29. The fourth-order valence-electron chi connectivity index (χ4n) is 4.17. The summed E-state index contributed by atoms with van der Waals surface area (Å²) in [5.74, 6) is 1.40. The van der Waals surface area contributed by atoms with Crippen molar-refractivity contribution in [1.82, 2.24) is 0 Å². The smallest absolute Gasteiger partial charge is 0.322 e.